The van der Waals surface area contributed by atoms with Crippen LogP contribution in [0.2, 0.25) is 5.02 Å². The fraction of sp³-hybridized carbons (Fsp3) is 0.290. The molecule has 1 aliphatic rings. The highest BCUT2D eigenvalue weighted by molar-refractivity contribution is 6.31. The number of alkyl halides is 1. The minimum absolute atomic E-state index is 0.0246. The smallest absolute Gasteiger partial charge is 0.258 e. The van der Waals surface area contributed by atoms with E-state index < -0.39 is 23.5 Å². The molecule has 5 rings (SSSR count). The van der Waals surface area contributed by atoms with Gasteiger partial charge in [-0.05, 0) is 73.7 Å². The predicted octanol–water partition coefficient (Wildman–Crippen LogP) is 5.02. The number of anilines is 1. The van der Waals surface area contributed by atoms with E-state index >= 15 is 0 Å². The number of hydrogen-bond acceptors (Lipinski definition) is 5. The van der Waals surface area contributed by atoms with Crippen LogP contribution in [-0.2, 0) is 23.1 Å². The molecule has 0 spiro atoms. The summed E-state index contributed by atoms with van der Waals surface area (Å²) in [6.07, 6.45) is 5.14. The zero-order valence-electron chi connectivity index (χ0n) is 23.4. The molecule has 4 aromatic rings. The van der Waals surface area contributed by atoms with Crippen molar-refractivity contribution in [3.63, 3.8) is 0 Å². The Kier molecular flexibility index (Phi) is 7.92. The molecule has 2 amide bonds. The maximum atomic E-state index is 14.6. The van der Waals surface area contributed by atoms with E-state index in [1.807, 2.05) is 13.8 Å². The number of aromatic hydroxyl groups is 1. The van der Waals surface area contributed by atoms with Crippen molar-refractivity contribution in [3.8, 4) is 28.1 Å². The Labute approximate surface area is 247 Å². The molecule has 1 unspecified atom stereocenters. The lowest BCUT2D eigenvalue weighted by Gasteiger charge is -2.21. The minimum Gasteiger partial charge on any atom is -0.507 e. The highest BCUT2D eigenvalue weighted by Crippen LogP contribution is 2.40. The first-order chi connectivity index (χ1) is 19.9. The van der Waals surface area contributed by atoms with Crippen LogP contribution < -0.4 is 16.2 Å². The normalized spacial score (nSPS) is 14.4. The van der Waals surface area contributed by atoms with E-state index in [9.17, 15) is 23.9 Å². The molecule has 1 aliphatic carbocycles. The third-order valence-electron chi connectivity index (χ3n) is 7.37. The van der Waals surface area contributed by atoms with E-state index in [0.717, 1.165) is 11.1 Å². The Morgan fingerprint density at radius 2 is 1.86 bits per heavy atom. The quantitative estimate of drug-likeness (QED) is 0.252. The second-order valence-electron chi connectivity index (χ2n) is 10.9. The summed E-state index contributed by atoms with van der Waals surface area (Å²) in [5.74, 6) is -1.53. The molecule has 2 heterocycles. The van der Waals surface area contributed by atoms with Crippen molar-refractivity contribution in [1.29, 1.82) is 0 Å². The average molecular weight is 592 g/mol. The number of carbonyl (C=O) groups excluding carboxylic acids is 2. The van der Waals surface area contributed by atoms with E-state index in [4.69, 9.17) is 11.6 Å². The summed E-state index contributed by atoms with van der Waals surface area (Å²) in [5, 5.41) is 16.3. The fourth-order valence-electron chi connectivity index (χ4n) is 4.71. The third-order valence-corrected chi connectivity index (χ3v) is 7.74. The first-order valence-corrected chi connectivity index (χ1v) is 13.9. The molecule has 1 fully saturated rings. The summed E-state index contributed by atoms with van der Waals surface area (Å²) >= 11 is 6.52. The maximum absolute atomic E-state index is 14.6. The molecule has 1 saturated carbocycles. The summed E-state index contributed by atoms with van der Waals surface area (Å²) in [6.45, 7) is 3.82. The number of nitrogens with one attached hydrogen (secondary N) is 2. The van der Waals surface area contributed by atoms with Gasteiger partial charge in [0.05, 0.1) is 18.2 Å². The summed E-state index contributed by atoms with van der Waals surface area (Å²) in [4.78, 5) is 42.5. The molecule has 3 N–H and O–H groups in total. The van der Waals surface area contributed by atoms with E-state index in [2.05, 4.69) is 15.6 Å². The first kappa shape index (κ1) is 29.1. The lowest BCUT2D eigenvalue weighted by Crippen LogP contribution is -2.48. The van der Waals surface area contributed by atoms with Crippen molar-refractivity contribution in [3.05, 3.63) is 88.2 Å². The Balaban J connectivity index is 1.42. The van der Waals surface area contributed by atoms with Gasteiger partial charge in [-0.3, -0.25) is 14.4 Å². The van der Waals surface area contributed by atoms with Crippen molar-refractivity contribution in [2.24, 2.45) is 7.05 Å². The average Bonchev–Trinajstić information content (AvgIpc) is 3.57. The molecule has 0 radical (unpaired) electrons. The molecule has 11 heteroatoms. The number of benzene rings is 2. The zero-order valence-corrected chi connectivity index (χ0v) is 24.2. The van der Waals surface area contributed by atoms with E-state index in [-0.39, 0.29) is 36.6 Å². The molecular weight excluding hydrogens is 561 g/mol. The summed E-state index contributed by atoms with van der Waals surface area (Å²) in [7, 11) is 1.79. The Morgan fingerprint density at radius 1 is 1.12 bits per heavy atom. The van der Waals surface area contributed by atoms with E-state index in [0.29, 0.717) is 27.5 Å². The summed E-state index contributed by atoms with van der Waals surface area (Å²) in [6, 6.07) is 11.9. The number of hydrogen-bond donors (Lipinski definition) is 3. The Morgan fingerprint density at radius 3 is 2.50 bits per heavy atom. The van der Waals surface area contributed by atoms with Gasteiger partial charge in [-0.25, -0.2) is 9.37 Å². The number of aryl methyl sites for hydroxylation is 1. The maximum Gasteiger partial charge on any atom is 0.258 e. The number of nitrogens with zero attached hydrogens (tertiary/aromatic N) is 3. The van der Waals surface area contributed by atoms with Crippen LogP contribution in [0.3, 0.4) is 0 Å². The van der Waals surface area contributed by atoms with E-state index in [1.54, 1.807) is 71.3 Å². The molecule has 0 aliphatic heterocycles. The third kappa shape index (κ3) is 6.08. The highest BCUT2D eigenvalue weighted by atomic mass is 35.5. The number of amides is 2. The molecule has 2 aromatic carbocycles. The number of imidazole rings is 1. The van der Waals surface area contributed by atoms with Gasteiger partial charge in [0.1, 0.15) is 11.8 Å². The van der Waals surface area contributed by atoms with Crippen molar-refractivity contribution >= 4 is 29.1 Å². The Hall–Kier alpha value is -4.44. The van der Waals surface area contributed by atoms with Crippen LogP contribution >= 0.6 is 11.6 Å². The van der Waals surface area contributed by atoms with Gasteiger partial charge in [0, 0.05) is 54.1 Å². The van der Waals surface area contributed by atoms with Gasteiger partial charge in [-0.15, -0.1) is 0 Å². The largest absolute Gasteiger partial charge is 0.507 e. The molecular formula is C31H31ClFN5O4. The summed E-state index contributed by atoms with van der Waals surface area (Å²) < 4.78 is 18.0. The van der Waals surface area contributed by atoms with Crippen LogP contribution in [0.1, 0.15) is 38.3 Å². The van der Waals surface area contributed by atoms with Crippen LogP contribution in [0.5, 0.6) is 5.75 Å². The van der Waals surface area contributed by atoms with Crippen molar-refractivity contribution in [2.45, 2.75) is 50.9 Å². The van der Waals surface area contributed by atoms with Crippen molar-refractivity contribution < 1.29 is 19.1 Å². The number of phenolic OH excluding ortho intramolecular Hbond substituents is 1. The zero-order chi connectivity index (χ0) is 30.2. The monoisotopic (exact) mass is 591 g/mol. The van der Waals surface area contributed by atoms with Gasteiger partial charge in [-0.2, -0.15) is 0 Å². The first-order valence-electron chi connectivity index (χ1n) is 13.6. The second kappa shape index (κ2) is 11.4. The van der Waals surface area contributed by atoms with Gasteiger partial charge in [0.2, 0.25) is 5.91 Å². The minimum atomic E-state index is -1.99. The summed E-state index contributed by atoms with van der Waals surface area (Å²) in [5.41, 5.74) is 1.48. The van der Waals surface area contributed by atoms with Crippen LogP contribution in [0.25, 0.3) is 22.4 Å². The molecule has 0 bridgehead atoms. The van der Waals surface area contributed by atoms with Crippen molar-refractivity contribution in [2.75, 3.05) is 5.32 Å². The molecule has 2 aromatic heterocycles. The number of phenols is 1. The van der Waals surface area contributed by atoms with Crippen LogP contribution in [0.15, 0.2) is 72.0 Å². The fourth-order valence-corrected chi connectivity index (χ4v) is 4.91. The molecule has 1 atom stereocenters. The number of halogens is 2. The molecule has 218 valence electrons. The topological polar surface area (TPSA) is 118 Å². The molecule has 42 heavy (non-hydrogen) atoms. The van der Waals surface area contributed by atoms with Crippen LogP contribution in [-0.4, -0.2) is 42.7 Å². The van der Waals surface area contributed by atoms with Gasteiger partial charge in [0.25, 0.3) is 11.5 Å². The molecule has 0 saturated heterocycles. The number of carbonyl (C=O) groups is 2. The second-order valence-corrected chi connectivity index (χ2v) is 11.3. The predicted molar refractivity (Wildman–Crippen MR) is 159 cm³/mol. The van der Waals surface area contributed by atoms with Crippen molar-refractivity contribution in [1.82, 2.24) is 19.4 Å². The standard InChI is InChI=1S/C31H31ClFN5O4/c1-18(2)38-16-20(5-9-28(38)40)19-4-8-24(32)21(12-19)13-25(36-30(42)31(33)10-11-31)29(41)35-22-6-7-23(27(39)14-22)26-15-34-17-37(26)3/h4-9,12,14-18,25,39H,10-11,13H2,1-3H3,(H,35,41)(H,36,42). The van der Waals surface area contributed by atoms with Crippen LogP contribution in [0, 0.1) is 0 Å². The number of pyridine rings is 1. The lowest BCUT2D eigenvalue weighted by molar-refractivity contribution is -0.131. The van der Waals surface area contributed by atoms with E-state index in [1.165, 1.54) is 12.1 Å². The molecule has 9 nitrogen and oxygen atoms in total. The van der Waals surface area contributed by atoms with Crippen LogP contribution in [0.4, 0.5) is 10.1 Å². The highest BCUT2D eigenvalue weighted by Gasteiger charge is 2.51. The van der Waals surface area contributed by atoms with Gasteiger partial charge in [0.15, 0.2) is 5.67 Å². The lowest BCUT2D eigenvalue weighted by atomic mass is 9.99. The Bertz CT molecular complexity index is 1730. The number of rotatable bonds is 9. The SMILES string of the molecule is CC(C)n1cc(-c2ccc(Cl)c(CC(NC(=O)C3(F)CC3)C(=O)Nc3ccc(-c4cncn4C)c(O)c3)c2)ccc1=O. The number of aromatic nitrogens is 3. The van der Waals surface area contributed by atoms with Gasteiger partial charge >= 0.3 is 0 Å². The van der Waals surface area contributed by atoms with Gasteiger partial charge in [-0.1, -0.05) is 17.7 Å². The van der Waals surface area contributed by atoms with Gasteiger partial charge < -0.3 is 24.9 Å².